The Hall–Kier alpha value is -0.570. The lowest BCUT2D eigenvalue weighted by atomic mass is 9.82. The summed E-state index contributed by atoms with van der Waals surface area (Å²) in [6.45, 7) is 3.30. The summed E-state index contributed by atoms with van der Waals surface area (Å²) in [5.41, 5.74) is 1.29. The molecule has 2 saturated heterocycles. The third-order valence-electron chi connectivity index (χ3n) is 5.46. The highest BCUT2D eigenvalue weighted by atomic mass is 35.5. The van der Waals surface area contributed by atoms with Gasteiger partial charge in [0, 0.05) is 23.1 Å². The third-order valence-corrected chi connectivity index (χ3v) is 5.80. The molecule has 0 spiro atoms. The van der Waals surface area contributed by atoms with Gasteiger partial charge in [0.15, 0.2) is 0 Å². The zero-order valence-electron chi connectivity index (χ0n) is 13.2. The molecule has 0 radical (unpaired) electrons. The van der Waals surface area contributed by atoms with Crippen molar-refractivity contribution >= 4 is 11.6 Å². The van der Waals surface area contributed by atoms with E-state index >= 15 is 0 Å². The van der Waals surface area contributed by atoms with Crippen LogP contribution in [0.1, 0.15) is 50.6 Å². The molecule has 2 aliphatic rings. The van der Waals surface area contributed by atoms with E-state index in [2.05, 4.69) is 36.3 Å². The molecule has 0 saturated carbocycles. The van der Waals surface area contributed by atoms with Crippen LogP contribution in [0.2, 0.25) is 5.02 Å². The minimum atomic E-state index is 0.412. The Kier molecular flexibility index (Phi) is 4.88. The van der Waals surface area contributed by atoms with Crippen LogP contribution in [-0.4, -0.2) is 30.6 Å². The predicted molar refractivity (Wildman–Crippen MR) is 89.8 cm³/mol. The van der Waals surface area contributed by atoms with Crippen molar-refractivity contribution in [3.8, 4) is 0 Å². The zero-order valence-corrected chi connectivity index (χ0v) is 13.9. The van der Waals surface area contributed by atoms with E-state index in [9.17, 15) is 0 Å². The van der Waals surface area contributed by atoms with Gasteiger partial charge in [-0.2, -0.15) is 0 Å². The molecule has 2 bridgehead atoms. The first-order chi connectivity index (χ1) is 10.2. The largest absolute Gasteiger partial charge is 0.310 e. The summed E-state index contributed by atoms with van der Waals surface area (Å²) >= 11 is 6.48. The van der Waals surface area contributed by atoms with Crippen molar-refractivity contribution in [3.63, 3.8) is 0 Å². The summed E-state index contributed by atoms with van der Waals surface area (Å²) in [7, 11) is 2.31. The Morgan fingerprint density at radius 3 is 2.52 bits per heavy atom. The smallest absolute Gasteiger partial charge is 0.0453 e. The summed E-state index contributed by atoms with van der Waals surface area (Å²) in [5.74, 6) is 0.713. The van der Waals surface area contributed by atoms with Gasteiger partial charge in [-0.1, -0.05) is 36.7 Å². The number of nitrogens with zero attached hydrogens (tertiary/aromatic N) is 1. The molecule has 3 unspecified atom stereocenters. The van der Waals surface area contributed by atoms with Crippen molar-refractivity contribution in [2.75, 3.05) is 13.6 Å². The highest BCUT2D eigenvalue weighted by Gasteiger charge is 2.41. The molecule has 3 atom stereocenters. The molecule has 3 heteroatoms. The van der Waals surface area contributed by atoms with Crippen molar-refractivity contribution in [2.45, 2.75) is 57.2 Å². The maximum atomic E-state index is 6.48. The molecule has 2 fully saturated rings. The number of fused-ring (bicyclic) bond motifs is 2. The van der Waals surface area contributed by atoms with Crippen LogP contribution in [0.15, 0.2) is 24.3 Å². The lowest BCUT2D eigenvalue weighted by molar-refractivity contribution is 0.112. The molecule has 1 aromatic rings. The molecule has 2 heterocycles. The molecular formula is C18H27ClN2. The minimum Gasteiger partial charge on any atom is -0.310 e. The van der Waals surface area contributed by atoms with E-state index in [0.29, 0.717) is 12.0 Å². The van der Waals surface area contributed by atoms with Crippen LogP contribution in [0.3, 0.4) is 0 Å². The average molecular weight is 307 g/mol. The highest BCUT2D eigenvalue weighted by molar-refractivity contribution is 6.31. The number of hydrogen-bond acceptors (Lipinski definition) is 2. The molecule has 2 nitrogen and oxygen atoms in total. The predicted octanol–water partition coefficient (Wildman–Crippen LogP) is 4.25. The molecule has 1 N–H and O–H groups in total. The molecule has 3 rings (SSSR count). The normalized spacial score (nSPS) is 30.5. The van der Waals surface area contributed by atoms with E-state index in [1.165, 1.54) is 37.7 Å². The van der Waals surface area contributed by atoms with Crippen molar-refractivity contribution in [3.05, 3.63) is 34.9 Å². The van der Waals surface area contributed by atoms with Gasteiger partial charge >= 0.3 is 0 Å². The molecule has 1 aromatic carbocycles. The van der Waals surface area contributed by atoms with Gasteiger partial charge in [-0.3, -0.25) is 0 Å². The van der Waals surface area contributed by atoms with E-state index in [4.69, 9.17) is 11.6 Å². The van der Waals surface area contributed by atoms with Gasteiger partial charge in [-0.25, -0.2) is 0 Å². The number of hydrogen-bond donors (Lipinski definition) is 1. The second-order valence-corrected chi connectivity index (χ2v) is 7.14. The Balaban J connectivity index is 1.81. The van der Waals surface area contributed by atoms with E-state index in [-0.39, 0.29) is 0 Å². The van der Waals surface area contributed by atoms with Gasteiger partial charge in [-0.05, 0) is 63.2 Å². The topological polar surface area (TPSA) is 15.3 Å². The quantitative estimate of drug-likeness (QED) is 0.874. The molecule has 2 aliphatic heterocycles. The van der Waals surface area contributed by atoms with Crippen LogP contribution >= 0.6 is 11.6 Å². The van der Waals surface area contributed by atoms with Crippen LogP contribution in [0.25, 0.3) is 0 Å². The lowest BCUT2D eigenvalue weighted by Gasteiger charge is -2.40. The first-order valence-electron chi connectivity index (χ1n) is 8.40. The Morgan fingerprint density at radius 2 is 1.90 bits per heavy atom. The number of halogens is 1. The molecular weight excluding hydrogens is 280 g/mol. The van der Waals surface area contributed by atoms with Gasteiger partial charge in [0.05, 0.1) is 0 Å². The fourth-order valence-electron chi connectivity index (χ4n) is 4.28. The summed E-state index contributed by atoms with van der Waals surface area (Å²) in [4.78, 5) is 2.61. The van der Waals surface area contributed by atoms with Crippen LogP contribution in [-0.2, 0) is 0 Å². The number of benzene rings is 1. The minimum absolute atomic E-state index is 0.412. The summed E-state index contributed by atoms with van der Waals surface area (Å²) in [5, 5.41) is 4.69. The second kappa shape index (κ2) is 6.68. The number of rotatable bonds is 5. The first kappa shape index (κ1) is 15.3. The monoisotopic (exact) mass is 306 g/mol. The SMILES string of the molecule is CCCNC(c1ccccc1Cl)C1CC2CCC(C1)N2C. The van der Waals surface area contributed by atoms with E-state index in [1.807, 2.05) is 12.1 Å². The van der Waals surface area contributed by atoms with Gasteiger partial charge in [-0.15, -0.1) is 0 Å². The van der Waals surface area contributed by atoms with Crippen molar-refractivity contribution in [1.29, 1.82) is 0 Å². The van der Waals surface area contributed by atoms with Crippen molar-refractivity contribution in [1.82, 2.24) is 10.2 Å². The van der Waals surface area contributed by atoms with Gasteiger partial charge in [0.2, 0.25) is 0 Å². The highest BCUT2D eigenvalue weighted by Crippen LogP contribution is 2.43. The van der Waals surface area contributed by atoms with Crippen LogP contribution in [0.5, 0.6) is 0 Å². The average Bonchev–Trinajstić information content (AvgIpc) is 2.72. The van der Waals surface area contributed by atoms with E-state index < -0.39 is 0 Å². The summed E-state index contributed by atoms with van der Waals surface area (Å²) in [6.07, 6.45) is 6.53. The fraction of sp³-hybridized carbons (Fsp3) is 0.667. The van der Waals surface area contributed by atoms with Crippen LogP contribution < -0.4 is 5.32 Å². The zero-order chi connectivity index (χ0) is 14.8. The van der Waals surface area contributed by atoms with E-state index in [1.54, 1.807) is 0 Å². The van der Waals surface area contributed by atoms with Gasteiger partial charge in [0.25, 0.3) is 0 Å². The molecule has 0 aromatic heterocycles. The second-order valence-electron chi connectivity index (χ2n) is 6.74. The summed E-state index contributed by atoms with van der Waals surface area (Å²) < 4.78 is 0. The molecule has 21 heavy (non-hydrogen) atoms. The maximum Gasteiger partial charge on any atom is 0.0453 e. The Labute approximate surface area is 133 Å². The molecule has 0 amide bonds. The molecule has 116 valence electrons. The van der Waals surface area contributed by atoms with Crippen LogP contribution in [0.4, 0.5) is 0 Å². The molecule has 0 aliphatic carbocycles. The third kappa shape index (κ3) is 3.13. The van der Waals surface area contributed by atoms with Crippen molar-refractivity contribution < 1.29 is 0 Å². The fourth-order valence-corrected chi connectivity index (χ4v) is 4.54. The standard InChI is InChI=1S/C18H27ClN2/c1-3-10-20-18(16-6-4-5-7-17(16)19)13-11-14-8-9-15(12-13)21(14)2/h4-7,13-15,18,20H,3,8-12H2,1-2H3. The Bertz CT molecular complexity index is 462. The van der Waals surface area contributed by atoms with E-state index in [0.717, 1.165) is 23.7 Å². The van der Waals surface area contributed by atoms with Crippen molar-refractivity contribution in [2.24, 2.45) is 5.92 Å². The first-order valence-corrected chi connectivity index (χ1v) is 8.78. The number of nitrogens with one attached hydrogen (secondary N) is 1. The van der Waals surface area contributed by atoms with Crippen LogP contribution in [0, 0.1) is 5.92 Å². The Morgan fingerprint density at radius 1 is 1.24 bits per heavy atom. The number of piperidine rings is 1. The lowest BCUT2D eigenvalue weighted by Crippen LogP contribution is -2.44. The maximum absolute atomic E-state index is 6.48. The summed E-state index contributed by atoms with van der Waals surface area (Å²) in [6, 6.07) is 10.4. The van der Waals surface area contributed by atoms with Gasteiger partial charge in [0.1, 0.15) is 0 Å². The van der Waals surface area contributed by atoms with Gasteiger partial charge < -0.3 is 10.2 Å².